The van der Waals surface area contributed by atoms with E-state index in [1.807, 2.05) is 48.5 Å². The summed E-state index contributed by atoms with van der Waals surface area (Å²) in [7, 11) is 3.36. The maximum atomic E-state index is 12.4. The summed E-state index contributed by atoms with van der Waals surface area (Å²) in [6.07, 6.45) is 1.59. The number of carbonyl (C=O) groups excluding carboxylic acids is 1. The number of hydrogen-bond donors (Lipinski definition) is 1. The number of nitrogens with zero attached hydrogens (tertiary/aromatic N) is 4. The Bertz CT molecular complexity index is 1370. The number of amides is 1. The summed E-state index contributed by atoms with van der Waals surface area (Å²) in [4.78, 5) is 26.7. The Kier molecular flexibility index (Phi) is 9.20. The third-order valence-corrected chi connectivity index (χ3v) is 7.58. The molecule has 0 saturated carbocycles. The van der Waals surface area contributed by atoms with Crippen LogP contribution in [0.4, 0.5) is 11.5 Å². The number of rotatable bonds is 11. The van der Waals surface area contributed by atoms with Crippen molar-refractivity contribution < 1.29 is 18.7 Å². The van der Waals surface area contributed by atoms with E-state index < -0.39 is 0 Å². The number of hydrogen-bond acceptors (Lipinski definition) is 9. The fraction of sp³-hybridized carbons (Fsp3) is 0.300. The minimum absolute atomic E-state index is 0.136. The first kappa shape index (κ1) is 27.5. The van der Waals surface area contributed by atoms with Crippen LogP contribution in [0, 0.1) is 0 Å². The normalized spacial score (nSPS) is 13.3. The quantitative estimate of drug-likeness (QED) is 0.206. The van der Waals surface area contributed by atoms with Crippen molar-refractivity contribution in [3.63, 3.8) is 0 Å². The number of methoxy groups -OCH3 is 2. The SMILES string of the molecule is COCc1cc(N2CCN(c3ccc(OC)cc3)CC2)nc(SCc2ccc(C(=O)NCc3ccco3)cc2)n1. The Hall–Kier alpha value is -4.02. The highest BCUT2D eigenvalue weighted by Gasteiger charge is 2.20. The molecule has 1 aliphatic rings. The largest absolute Gasteiger partial charge is 0.497 e. The molecule has 5 rings (SSSR count). The lowest BCUT2D eigenvalue weighted by molar-refractivity contribution is 0.0948. The summed E-state index contributed by atoms with van der Waals surface area (Å²) < 4.78 is 15.9. The molecule has 10 heteroatoms. The molecule has 0 atom stereocenters. The monoisotopic (exact) mass is 559 g/mol. The average molecular weight is 560 g/mol. The number of thioether (sulfide) groups is 1. The predicted octanol–water partition coefficient (Wildman–Crippen LogP) is 4.77. The van der Waals surface area contributed by atoms with Crippen LogP contribution in [0.3, 0.4) is 0 Å². The van der Waals surface area contributed by atoms with Crippen molar-refractivity contribution in [3.05, 3.63) is 95.6 Å². The molecule has 1 fully saturated rings. The van der Waals surface area contributed by atoms with Gasteiger partial charge >= 0.3 is 0 Å². The summed E-state index contributed by atoms with van der Waals surface area (Å²) in [5.41, 5.74) is 3.74. The Labute approximate surface area is 238 Å². The third-order valence-electron chi connectivity index (χ3n) is 6.67. The number of furan rings is 1. The van der Waals surface area contributed by atoms with E-state index in [0.29, 0.717) is 29.6 Å². The lowest BCUT2D eigenvalue weighted by atomic mass is 10.1. The van der Waals surface area contributed by atoms with Gasteiger partial charge in [0, 0.05) is 56.4 Å². The lowest BCUT2D eigenvalue weighted by Crippen LogP contribution is -2.46. The van der Waals surface area contributed by atoms with E-state index in [2.05, 4.69) is 27.2 Å². The van der Waals surface area contributed by atoms with Crippen LogP contribution in [-0.4, -0.2) is 56.3 Å². The smallest absolute Gasteiger partial charge is 0.251 e. The number of nitrogens with one attached hydrogen (secondary N) is 1. The van der Waals surface area contributed by atoms with E-state index in [-0.39, 0.29) is 5.91 Å². The molecule has 1 aliphatic heterocycles. The topological polar surface area (TPSA) is 93.0 Å². The number of carbonyl (C=O) groups is 1. The molecular formula is C30H33N5O4S. The van der Waals surface area contributed by atoms with Crippen LogP contribution in [0.1, 0.15) is 27.4 Å². The van der Waals surface area contributed by atoms with Gasteiger partial charge in [0.05, 0.1) is 32.2 Å². The Morgan fingerprint density at radius 2 is 1.73 bits per heavy atom. The van der Waals surface area contributed by atoms with Crippen molar-refractivity contribution in [2.24, 2.45) is 0 Å². The zero-order valence-electron chi connectivity index (χ0n) is 22.7. The molecule has 0 aliphatic carbocycles. The minimum Gasteiger partial charge on any atom is -0.497 e. The van der Waals surface area contributed by atoms with Crippen molar-refractivity contribution in [3.8, 4) is 5.75 Å². The highest BCUT2D eigenvalue weighted by molar-refractivity contribution is 7.98. The van der Waals surface area contributed by atoms with Crippen molar-refractivity contribution in [1.29, 1.82) is 0 Å². The number of anilines is 2. The van der Waals surface area contributed by atoms with Crippen LogP contribution in [0.15, 0.2) is 82.6 Å². The van der Waals surface area contributed by atoms with Gasteiger partial charge in [-0.05, 0) is 54.1 Å². The van der Waals surface area contributed by atoms with E-state index in [1.165, 1.54) is 5.69 Å². The van der Waals surface area contributed by atoms with Crippen molar-refractivity contribution in [2.75, 3.05) is 50.2 Å². The zero-order valence-corrected chi connectivity index (χ0v) is 23.5. The molecule has 208 valence electrons. The van der Waals surface area contributed by atoms with Crippen LogP contribution in [0.2, 0.25) is 0 Å². The van der Waals surface area contributed by atoms with Gasteiger partial charge in [-0.2, -0.15) is 0 Å². The summed E-state index contributed by atoms with van der Waals surface area (Å²) in [6.45, 7) is 4.32. The first-order valence-electron chi connectivity index (χ1n) is 13.1. The van der Waals surface area contributed by atoms with E-state index in [1.54, 1.807) is 38.3 Å². The van der Waals surface area contributed by atoms with Crippen LogP contribution in [-0.2, 0) is 23.6 Å². The molecular weight excluding hydrogens is 526 g/mol. The van der Waals surface area contributed by atoms with Crippen LogP contribution >= 0.6 is 11.8 Å². The molecule has 9 nitrogen and oxygen atoms in total. The number of piperazine rings is 1. The average Bonchev–Trinajstić information content (AvgIpc) is 3.53. The Morgan fingerprint density at radius 1 is 0.975 bits per heavy atom. The summed E-state index contributed by atoms with van der Waals surface area (Å²) in [6, 6.07) is 21.5. The van der Waals surface area contributed by atoms with Crippen LogP contribution in [0.5, 0.6) is 5.75 Å². The molecule has 2 aromatic carbocycles. The highest BCUT2D eigenvalue weighted by Crippen LogP contribution is 2.26. The van der Waals surface area contributed by atoms with Crippen molar-refractivity contribution in [2.45, 2.75) is 24.1 Å². The van der Waals surface area contributed by atoms with Gasteiger partial charge in [0.2, 0.25) is 0 Å². The third kappa shape index (κ3) is 7.13. The number of benzene rings is 2. The van der Waals surface area contributed by atoms with Gasteiger partial charge in [-0.15, -0.1) is 0 Å². The highest BCUT2D eigenvalue weighted by atomic mass is 32.2. The summed E-state index contributed by atoms with van der Waals surface area (Å²) in [5.74, 6) is 3.05. The number of aromatic nitrogens is 2. The second kappa shape index (κ2) is 13.4. The molecule has 0 bridgehead atoms. The molecule has 4 aromatic rings. The van der Waals surface area contributed by atoms with E-state index in [0.717, 1.165) is 54.8 Å². The van der Waals surface area contributed by atoms with E-state index >= 15 is 0 Å². The minimum atomic E-state index is -0.136. The fourth-order valence-corrected chi connectivity index (χ4v) is 5.31. The lowest BCUT2D eigenvalue weighted by Gasteiger charge is -2.37. The zero-order chi connectivity index (χ0) is 27.7. The number of ether oxygens (including phenoxy) is 2. The Balaban J connectivity index is 1.18. The van der Waals surface area contributed by atoms with E-state index in [9.17, 15) is 4.79 Å². The summed E-state index contributed by atoms with van der Waals surface area (Å²) in [5, 5.41) is 3.58. The van der Waals surface area contributed by atoms with Gasteiger partial charge < -0.3 is 29.0 Å². The van der Waals surface area contributed by atoms with Gasteiger partial charge in [-0.25, -0.2) is 9.97 Å². The van der Waals surface area contributed by atoms with Crippen molar-refractivity contribution >= 4 is 29.2 Å². The molecule has 0 spiro atoms. The first-order chi connectivity index (χ1) is 19.6. The predicted molar refractivity (Wildman–Crippen MR) is 156 cm³/mol. The molecule has 0 unspecified atom stereocenters. The second-order valence-corrected chi connectivity index (χ2v) is 10.3. The second-order valence-electron chi connectivity index (χ2n) is 9.35. The molecule has 0 radical (unpaired) electrons. The maximum absolute atomic E-state index is 12.4. The fourth-order valence-electron chi connectivity index (χ4n) is 4.48. The summed E-state index contributed by atoms with van der Waals surface area (Å²) >= 11 is 1.58. The molecule has 1 N–H and O–H groups in total. The van der Waals surface area contributed by atoms with Gasteiger partial charge in [0.15, 0.2) is 5.16 Å². The van der Waals surface area contributed by atoms with Gasteiger partial charge in [0.25, 0.3) is 5.91 Å². The van der Waals surface area contributed by atoms with Gasteiger partial charge in [-0.1, -0.05) is 23.9 Å². The molecule has 1 saturated heterocycles. The molecule has 2 aromatic heterocycles. The maximum Gasteiger partial charge on any atom is 0.251 e. The van der Waals surface area contributed by atoms with Crippen LogP contribution in [0.25, 0.3) is 0 Å². The van der Waals surface area contributed by atoms with E-state index in [4.69, 9.17) is 23.9 Å². The molecule has 40 heavy (non-hydrogen) atoms. The first-order valence-corrected chi connectivity index (χ1v) is 14.1. The van der Waals surface area contributed by atoms with Gasteiger partial charge in [0.1, 0.15) is 17.3 Å². The Morgan fingerprint density at radius 3 is 2.40 bits per heavy atom. The van der Waals surface area contributed by atoms with Gasteiger partial charge in [-0.3, -0.25) is 4.79 Å². The van der Waals surface area contributed by atoms with Crippen molar-refractivity contribution in [1.82, 2.24) is 15.3 Å². The van der Waals surface area contributed by atoms with Crippen LogP contribution < -0.4 is 19.9 Å². The standard InChI is InChI=1S/C30H33N5O4S/c1-37-20-24-18-28(35-15-13-34(14-16-35)25-9-11-26(38-2)12-10-25)33-30(32-24)40-21-22-5-7-23(8-6-22)29(36)31-19-27-4-3-17-39-27/h3-12,17-18H,13-16,19-21H2,1-2H3,(H,31,36). The molecule has 3 heterocycles. The molecule has 1 amide bonds.